The smallest absolute Gasteiger partial charge is 0.173 e. The van der Waals surface area contributed by atoms with Crippen LogP contribution in [0, 0.1) is 0 Å². The zero-order valence-electron chi connectivity index (χ0n) is 18.0. The molecule has 0 saturated carbocycles. The number of nitrogens with zero attached hydrogens (tertiary/aromatic N) is 5. The zero-order chi connectivity index (χ0) is 21.3. The highest BCUT2D eigenvalue weighted by atomic mass is 16.5. The number of benzene rings is 2. The lowest BCUT2D eigenvalue weighted by molar-refractivity contribution is 0.179. The van der Waals surface area contributed by atoms with Crippen LogP contribution in [0.2, 0.25) is 0 Å². The number of hydrogen-bond donors (Lipinski definition) is 1. The van der Waals surface area contributed by atoms with Crippen molar-refractivity contribution in [1.29, 1.82) is 0 Å². The van der Waals surface area contributed by atoms with Crippen molar-refractivity contribution in [3.63, 3.8) is 0 Å². The van der Waals surface area contributed by atoms with Crippen molar-refractivity contribution in [2.75, 3.05) is 13.7 Å². The number of ether oxygens (including phenoxy) is 1. The molecule has 0 bridgehead atoms. The molecule has 1 aliphatic heterocycles. The van der Waals surface area contributed by atoms with Crippen molar-refractivity contribution in [3.8, 4) is 11.5 Å². The molecular formula is C23H29N5O2. The van der Waals surface area contributed by atoms with Crippen LogP contribution in [-0.4, -0.2) is 43.9 Å². The van der Waals surface area contributed by atoms with Crippen LogP contribution in [0.25, 0.3) is 0 Å². The van der Waals surface area contributed by atoms with Crippen molar-refractivity contribution in [2.24, 2.45) is 0 Å². The first-order chi connectivity index (χ1) is 14.4. The molecule has 2 aromatic carbocycles. The summed E-state index contributed by atoms with van der Waals surface area (Å²) in [5, 5.41) is 23.6. The minimum absolute atomic E-state index is 0.212. The van der Waals surface area contributed by atoms with Crippen LogP contribution in [0.4, 0.5) is 0 Å². The normalized spacial score (nSPS) is 15.6. The molecule has 1 unspecified atom stereocenters. The predicted molar refractivity (Wildman–Crippen MR) is 114 cm³/mol. The second kappa shape index (κ2) is 8.07. The molecule has 0 amide bonds. The van der Waals surface area contributed by atoms with E-state index in [0.717, 1.165) is 37.3 Å². The summed E-state index contributed by atoms with van der Waals surface area (Å²) in [6, 6.07) is 13.6. The van der Waals surface area contributed by atoms with Gasteiger partial charge in [-0.15, -0.1) is 5.10 Å². The molecule has 1 atom stereocenters. The summed E-state index contributed by atoms with van der Waals surface area (Å²) in [7, 11) is 1.63. The third-order valence-electron chi connectivity index (χ3n) is 6.23. The largest absolute Gasteiger partial charge is 0.508 e. The molecule has 0 aliphatic carbocycles. The second-order valence-electron chi connectivity index (χ2n) is 8.43. The lowest BCUT2D eigenvalue weighted by Crippen LogP contribution is -2.38. The van der Waals surface area contributed by atoms with Crippen molar-refractivity contribution >= 4 is 0 Å². The number of methoxy groups -OCH3 is 1. The van der Waals surface area contributed by atoms with E-state index in [1.54, 1.807) is 19.2 Å². The molecular weight excluding hydrogens is 378 g/mol. The number of rotatable bonds is 6. The summed E-state index contributed by atoms with van der Waals surface area (Å²) < 4.78 is 7.35. The van der Waals surface area contributed by atoms with Crippen molar-refractivity contribution in [1.82, 2.24) is 25.1 Å². The maximum atomic E-state index is 10.8. The monoisotopic (exact) mass is 407 g/mol. The molecule has 0 spiro atoms. The van der Waals surface area contributed by atoms with Gasteiger partial charge in [0.1, 0.15) is 17.5 Å². The summed E-state index contributed by atoms with van der Waals surface area (Å²) in [4.78, 5) is 2.34. The van der Waals surface area contributed by atoms with Gasteiger partial charge in [0.2, 0.25) is 0 Å². The van der Waals surface area contributed by atoms with Crippen LogP contribution in [-0.2, 0) is 18.5 Å². The van der Waals surface area contributed by atoms with Crippen molar-refractivity contribution in [3.05, 3.63) is 65.0 Å². The summed E-state index contributed by atoms with van der Waals surface area (Å²) >= 11 is 0. The van der Waals surface area contributed by atoms with Crippen molar-refractivity contribution in [2.45, 2.75) is 51.7 Å². The van der Waals surface area contributed by atoms with Gasteiger partial charge in [0.05, 0.1) is 12.6 Å². The third kappa shape index (κ3) is 3.65. The van der Waals surface area contributed by atoms with Gasteiger partial charge < -0.3 is 9.84 Å². The Morgan fingerprint density at radius 2 is 1.93 bits per heavy atom. The lowest BCUT2D eigenvalue weighted by Gasteiger charge is -2.37. The van der Waals surface area contributed by atoms with E-state index in [1.807, 2.05) is 10.7 Å². The van der Waals surface area contributed by atoms with E-state index in [0.29, 0.717) is 5.75 Å². The van der Waals surface area contributed by atoms with Crippen LogP contribution in [0.3, 0.4) is 0 Å². The summed E-state index contributed by atoms with van der Waals surface area (Å²) in [5.74, 6) is 1.63. The van der Waals surface area contributed by atoms with E-state index in [2.05, 4.69) is 65.5 Å². The molecule has 1 N–H and O–H groups in total. The van der Waals surface area contributed by atoms with Crippen LogP contribution in [0.15, 0.2) is 42.5 Å². The third-order valence-corrected chi connectivity index (χ3v) is 6.23. The molecule has 0 fully saturated rings. The fourth-order valence-electron chi connectivity index (χ4n) is 4.06. The molecule has 0 radical (unpaired) electrons. The second-order valence-corrected chi connectivity index (χ2v) is 8.43. The van der Waals surface area contributed by atoms with E-state index in [1.165, 1.54) is 11.1 Å². The van der Waals surface area contributed by atoms with E-state index in [9.17, 15) is 5.11 Å². The van der Waals surface area contributed by atoms with E-state index < -0.39 is 0 Å². The number of hydrogen-bond acceptors (Lipinski definition) is 6. The Labute approximate surface area is 177 Å². The molecule has 7 heteroatoms. The number of aromatic nitrogens is 4. The van der Waals surface area contributed by atoms with Gasteiger partial charge in [-0.1, -0.05) is 31.2 Å². The van der Waals surface area contributed by atoms with Gasteiger partial charge in [0, 0.05) is 18.7 Å². The highest BCUT2D eigenvalue weighted by Crippen LogP contribution is 2.39. The molecule has 2 heterocycles. The van der Waals surface area contributed by atoms with Crippen LogP contribution < -0.4 is 4.74 Å². The van der Waals surface area contributed by atoms with Crippen LogP contribution in [0.5, 0.6) is 11.5 Å². The molecule has 0 saturated heterocycles. The SMILES string of the molecule is CCC(C)(C)n1nnnc1C(c1cc(OC)ccc1O)N1CCc2ccccc2C1. The Balaban J connectivity index is 1.85. The summed E-state index contributed by atoms with van der Waals surface area (Å²) in [6.45, 7) is 7.98. The van der Waals surface area contributed by atoms with E-state index >= 15 is 0 Å². The molecule has 1 aliphatic rings. The Morgan fingerprint density at radius 3 is 2.67 bits per heavy atom. The average molecular weight is 408 g/mol. The number of aromatic hydroxyl groups is 1. The molecule has 7 nitrogen and oxygen atoms in total. The minimum atomic E-state index is -0.297. The average Bonchev–Trinajstić information content (AvgIpc) is 3.25. The van der Waals surface area contributed by atoms with Crippen molar-refractivity contribution < 1.29 is 9.84 Å². The minimum Gasteiger partial charge on any atom is -0.508 e. The van der Waals surface area contributed by atoms with Gasteiger partial charge in [-0.3, -0.25) is 4.90 Å². The maximum Gasteiger partial charge on any atom is 0.173 e. The molecule has 4 rings (SSSR count). The van der Waals surface area contributed by atoms with Gasteiger partial charge in [0.15, 0.2) is 5.82 Å². The Hall–Kier alpha value is -2.93. The first kappa shape index (κ1) is 20.3. The number of fused-ring (bicyclic) bond motifs is 1. The first-order valence-electron chi connectivity index (χ1n) is 10.4. The fraction of sp³-hybridized carbons (Fsp3) is 0.435. The van der Waals surface area contributed by atoms with Crippen LogP contribution >= 0.6 is 0 Å². The highest BCUT2D eigenvalue weighted by molar-refractivity contribution is 5.44. The quantitative estimate of drug-likeness (QED) is 0.672. The number of tetrazole rings is 1. The topological polar surface area (TPSA) is 76.3 Å². The summed E-state index contributed by atoms with van der Waals surface area (Å²) in [5.41, 5.74) is 3.16. The molecule has 3 aromatic rings. The van der Waals surface area contributed by atoms with E-state index in [4.69, 9.17) is 4.74 Å². The first-order valence-corrected chi connectivity index (χ1v) is 10.4. The van der Waals surface area contributed by atoms with Gasteiger partial charge in [-0.2, -0.15) is 0 Å². The molecule has 1 aromatic heterocycles. The zero-order valence-corrected chi connectivity index (χ0v) is 18.0. The predicted octanol–water partition coefficient (Wildman–Crippen LogP) is 3.68. The lowest BCUT2D eigenvalue weighted by atomic mass is 9.94. The maximum absolute atomic E-state index is 10.8. The summed E-state index contributed by atoms with van der Waals surface area (Å²) in [6.07, 6.45) is 1.82. The van der Waals surface area contributed by atoms with E-state index in [-0.39, 0.29) is 17.3 Å². The van der Waals surface area contributed by atoms with Gasteiger partial charge in [-0.25, -0.2) is 4.68 Å². The standard InChI is InChI=1S/C23H29N5O2/c1-5-23(2,3)28-22(24-25-26-28)21(19-14-18(30-4)10-11-20(19)29)27-13-12-16-8-6-7-9-17(16)15-27/h6-11,14,21,29H,5,12-13,15H2,1-4H3. The molecule has 158 valence electrons. The highest BCUT2D eigenvalue weighted by Gasteiger charge is 2.35. The Kier molecular flexibility index (Phi) is 5.47. The number of phenols is 1. The van der Waals surface area contributed by atoms with Gasteiger partial charge in [-0.05, 0) is 66.4 Å². The Bertz CT molecular complexity index is 1030. The van der Waals surface area contributed by atoms with Gasteiger partial charge >= 0.3 is 0 Å². The fourth-order valence-corrected chi connectivity index (χ4v) is 4.06. The van der Waals surface area contributed by atoms with Crippen LogP contribution in [0.1, 0.15) is 55.7 Å². The number of phenolic OH excluding ortho intramolecular Hbond substituents is 1. The Morgan fingerprint density at radius 1 is 1.17 bits per heavy atom. The molecule has 30 heavy (non-hydrogen) atoms. The van der Waals surface area contributed by atoms with Gasteiger partial charge in [0.25, 0.3) is 0 Å².